The number of methoxy groups -OCH3 is 2. The van der Waals surface area contributed by atoms with Crippen LogP contribution in [0.4, 0.5) is 14.7 Å². The molecule has 178 valence electrons. The second kappa shape index (κ2) is 9.96. The molecule has 0 saturated carbocycles. The Morgan fingerprint density at radius 3 is 2.56 bits per heavy atom. The Labute approximate surface area is 194 Å². The number of hydrogen-bond donors (Lipinski definition) is 2. The van der Waals surface area contributed by atoms with E-state index in [1.807, 2.05) is 0 Å². The van der Waals surface area contributed by atoms with Crippen molar-refractivity contribution in [3.05, 3.63) is 48.8 Å². The van der Waals surface area contributed by atoms with Crippen molar-refractivity contribution in [1.29, 1.82) is 0 Å². The monoisotopic (exact) mass is 471 g/mol. The summed E-state index contributed by atoms with van der Waals surface area (Å²) in [5, 5.41) is 6.56. The fourth-order valence-corrected chi connectivity index (χ4v) is 3.71. The Morgan fingerprint density at radius 1 is 1.15 bits per heavy atom. The molecule has 34 heavy (non-hydrogen) atoms. The van der Waals surface area contributed by atoms with Crippen LogP contribution in [0.25, 0.3) is 22.2 Å². The first-order chi connectivity index (χ1) is 16.4. The number of carbonyl (C=O) groups excluding carboxylic acids is 1. The Bertz CT molecular complexity index is 1210. The van der Waals surface area contributed by atoms with E-state index < -0.39 is 11.6 Å². The van der Waals surface area contributed by atoms with Gasteiger partial charge >= 0.3 is 0 Å². The molecule has 11 heteroatoms. The van der Waals surface area contributed by atoms with E-state index in [1.165, 1.54) is 38.8 Å². The van der Waals surface area contributed by atoms with Crippen molar-refractivity contribution in [3.8, 4) is 22.8 Å². The summed E-state index contributed by atoms with van der Waals surface area (Å²) in [5.74, 6) is -2.09. The minimum absolute atomic E-state index is 0.0388. The largest absolute Gasteiger partial charge is 0.494 e. The third-order valence-corrected chi connectivity index (χ3v) is 5.48. The van der Waals surface area contributed by atoms with E-state index >= 15 is 0 Å². The lowest BCUT2D eigenvalue weighted by Crippen LogP contribution is -2.52. The zero-order valence-electron chi connectivity index (χ0n) is 18.6. The van der Waals surface area contributed by atoms with Crippen molar-refractivity contribution in [2.75, 3.05) is 32.8 Å². The van der Waals surface area contributed by atoms with Crippen molar-refractivity contribution in [2.24, 2.45) is 0 Å². The van der Waals surface area contributed by atoms with Gasteiger partial charge < -0.3 is 24.8 Å². The smallest absolute Gasteiger partial charge is 0.243 e. The third-order valence-electron chi connectivity index (χ3n) is 5.48. The number of benzene rings is 1. The normalized spacial score (nSPS) is 17.8. The number of nitrogens with zero attached hydrogens (tertiary/aromatic N) is 3. The maximum atomic E-state index is 14.9. The lowest BCUT2D eigenvalue weighted by Gasteiger charge is -2.32. The van der Waals surface area contributed by atoms with Crippen molar-refractivity contribution < 1.29 is 27.8 Å². The highest BCUT2D eigenvalue weighted by Crippen LogP contribution is 2.37. The van der Waals surface area contributed by atoms with Crippen molar-refractivity contribution in [1.82, 2.24) is 20.3 Å². The van der Waals surface area contributed by atoms with Crippen LogP contribution >= 0.6 is 0 Å². The predicted molar refractivity (Wildman–Crippen MR) is 121 cm³/mol. The number of rotatable bonds is 7. The summed E-state index contributed by atoms with van der Waals surface area (Å²) in [7, 11) is 2.56. The summed E-state index contributed by atoms with van der Waals surface area (Å²) in [6.45, 7) is 4.35. The molecule has 1 aliphatic heterocycles. The molecule has 0 unspecified atom stereocenters. The fourth-order valence-electron chi connectivity index (χ4n) is 3.71. The van der Waals surface area contributed by atoms with Crippen LogP contribution in [0.3, 0.4) is 0 Å². The molecule has 2 aromatic heterocycles. The molecule has 1 saturated heterocycles. The Hall–Kier alpha value is -3.86. The lowest BCUT2D eigenvalue weighted by molar-refractivity contribution is -0.117. The van der Waals surface area contributed by atoms with Gasteiger partial charge in [-0.2, -0.15) is 0 Å². The molecule has 0 bridgehead atoms. The molecule has 0 radical (unpaired) electrons. The molecule has 1 aromatic carbocycles. The summed E-state index contributed by atoms with van der Waals surface area (Å²) in [5.41, 5.74) is 0.123. The summed E-state index contributed by atoms with van der Waals surface area (Å²) in [4.78, 5) is 24.7. The van der Waals surface area contributed by atoms with Gasteiger partial charge in [-0.1, -0.05) is 6.58 Å². The molecule has 0 aliphatic carbocycles. The number of halogens is 2. The summed E-state index contributed by atoms with van der Waals surface area (Å²) >= 11 is 0. The topological polar surface area (TPSA) is 107 Å². The minimum Gasteiger partial charge on any atom is -0.494 e. The molecule has 2 atom stereocenters. The number of carbonyl (C=O) groups is 1. The number of pyridine rings is 1. The van der Waals surface area contributed by atoms with Crippen molar-refractivity contribution in [2.45, 2.75) is 18.5 Å². The van der Waals surface area contributed by atoms with Crippen LogP contribution in [-0.2, 0) is 9.53 Å². The van der Waals surface area contributed by atoms with Crippen LogP contribution in [0.2, 0.25) is 0 Å². The standard InChI is InChI=1S/C23H23F2N5O4/c1-4-19(31)28-13-5-6-34-11-16(13)30-23-27-9-12-7-14(26-10-15(12)29-23)20-21(24)17(32-2)8-18(33-3)22(20)25/h4,7-10,13,16H,1,5-6,11H2,2-3H3,(H,28,31)(H,27,29,30)/t13-,16+/m0/s1. The highest BCUT2D eigenvalue weighted by Gasteiger charge is 2.27. The number of amides is 1. The maximum Gasteiger partial charge on any atom is 0.243 e. The first-order valence-corrected chi connectivity index (χ1v) is 10.5. The zero-order valence-corrected chi connectivity index (χ0v) is 18.6. The van der Waals surface area contributed by atoms with Crippen LogP contribution in [0, 0.1) is 11.6 Å². The van der Waals surface area contributed by atoms with E-state index in [-0.39, 0.29) is 40.7 Å². The van der Waals surface area contributed by atoms with Gasteiger partial charge in [0.25, 0.3) is 0 Å². The van der Waals surface area contributed by atoms with Gasteiger partial charge in [-0.25, -0.2) is 18.7 Å². The van der Waals surface area contributed by atoms with E-state index in [4.69, 9.17) is 14.2 Å². The number of aromatic nitrogens is 3. The highest BCUT2D eigenvalue weighted by molar-refractivity contribution is 5.87. The summed E-state index contributed by atoms with van der Waals surface area (Å²) in [6, 6.07) is 2.18. The molecule has 0 spiro atoms. The first-order valence-electron chi connectivity index (χ1n) is 10.5. The van der Waals surface area contributed by atoms with Gasteiger partial charge in [0, 0.05) is 24.3 Å². The third kappa shape index (κ3) is 4.60. The average Bonchev–Trinajstić information content (AvgIpc) is 2.85. The van der Waals surface area contributed by atoms with E-state index in [0.29, 0.717) is 36.5 Å². The molecule has 2 N–H and O–H groups in total. The molecular formula is C23H23F2N5O4. The van der Waals surface area contributed by atoms with Gasteiger partial charge in [0.15, 0.2) is 23.1 Å². The Kier molecular flexibility index (Phi) is 6.82. The summed E-state index contributed by atoms with van der Waals surface area (Å²) in [6.07, 6.45) is 4.75. The molecule has 3 heterocycles. The molecule has 1 amide bonds. The maximum absolute atomic E-state index is 14.9. The zero-order chi connectivity index (χ0) is 24.2. The highest BCUT2D eigenvalue weighted by atomic mass is 19.1. The van der Waals surface area contributed by atoms with Crippen LogP contribution in [0.15, 0.2) is 37.2 Å². The lowest BCUT2D eigenvalue weighted by atomic mass is 10.0. The van der Waals surface area contributed by atoms with Crippen molar-refractivity contribution >= 4 is 22.8 Å². The molecule has 3 aromatic rings. The molecule has 1 aliphatic rings. The van der Waals surface area contributed by atoms with E-state index in [1.54, 1.807) is 0 Å². The average molecular weight is 471 g/mol. The predicted octanol–water partition coefficient (Wildman–Crippen LogP) is 2.86. The number of fused-ring (bicyclic) bond motifs is 1. The molecular weight excluding hydrogens is 448 g/mol. The number of hydrogen-bond acceptors (Lipinski definition) is 8. The second-order valence-corrected chi connectivity index (χ2v) is 7.54. The van der Waals surface area contributed by atoms with E-state index in [9.17, 15) is 13.6 Å². The minimum atomic E-state index is -0.892. The number of ether oxygens (including phenoxy) is 3. The van der Waals surface area contributed by atoms with E-state index in [2.05, 4.69) is 32.2 Å². The van der Waals surface area contributed by atoms with Crippen LogP contribution in [0.1, 0.15) is 6.42 Å². The fraction of sp³-hybridized carbons (Fsp3) is 0.304. The van der Waals surface area contributed by atoms with Gasteiger partial charge in [-0.15, -0.1) is 0 Å². The number of anilines is 1. The molecule has 9 nitrogen and oxygen atoms in total. The summed E-state index contributed by atoms with van der Waals surface area (Å²) < 4.78 is 45.2. The van der Waals surface area contributed by atoms with Crippen LogP contribution in [-0.4, -0.2) is 60.4 Å². The van der Waals surface area contributed by atoms with Crippen LogP contribution in [0.5, 0.6) is 11.5 Å². The van der Waals surface area contributed by atoms with Gasteiger partial charge in [0.05, 0.1) is 55.9 Å². The Morgan fingerprint density at radius 2 is 1.88 bits per heavy atom. The quantitative estimate of drug-likeness (QED) is 0.507. The number of nitrogens with one attached hydrogen (secondary N) is 2. The van der Waals surface area contributed by atoms with Gasteiger partial charge in [0.2, 0.25) is 11.9 Å². The first kappa shape index (κ1) is 23.3. The van der Waals surface area contributed by atoms with E-state index in [0.717, 1.165) is 6.07 Å². The SMILES string of the molecule is C=CC(=O)N[C@H]1CCOC[C@H]1Nc1ncc2cc(-c3c(F)c(OC)cc(OC)c3F)ncc2n1. The van der Waals surface area contributed by atoms with Crippen LogP contribution < -0.4 is 20.1 Å². The molecule has 1 fully saturated rings. The molecule has 4 rings (SSSR count). The van der Waals surface area contributed by atoms with Gasteiger partial charge in [-0.05, 0) is 18.6 Å². The van der Waals surface area contributed by atoms with Gasteiger partial charge in [-0.3, -0.25) is 9.78 Å². The van der Waals surface area contributed by atoms with Gasteiger partial charge in [0.1, 0.15) is 0 Å². The second-order valence-electron chi connectivity index (χ2n) is 7.54. The Balaban J connectivity index is 1.63. The van der Waals surface area contributed by atoms with Crippen molar-refractivity contribution in [3.63, 3.8) is 0 Å².